The van der Waals surface area contributed by atoms with Gasteiger partial charge in [0.05, 0.1) is 32.3 Å². The van der Waals surface area contributed by atoms with E-state index in [4.69, 9.17) is 9.84 Å². The van der Waals surface area contributed by atoms with Gasteiger partial charge in [-0.1, -0.05) is 68.5 Å². The van der Waals surface area contributed by atoms with Crippen molar-refractivity contribution >= 4 is 64.8 Å². The van der Waals surface area contributed by atoms with Gasteiger partial charge in [0.15, 0.2) is 5.71 Å². The number of rotatable bonds is 20. The van der Waals surface area contributed by atoms with Crippen molar-refractivity contribution in [3.63, 3.8) is 0 Å². The Labute approximate surface area is 382 Å². The minimum absolute atomic E-state index is 0. The molecule has 0 atom stereocenters. The number of aliphatic carboxylic acids is 1. The predicted molar refractivity (Wildman–Crippen MR) is 237 cm³/mol. The monoisotopic (exact) mass is 878 g/mol. The molecular formula is C47H55N2NaO9S2. The Morgan fingerprint density at radius 1 is 0.754 bits per heavy atom. The van der Waals surface area contributed by atoms with Crippen molar-refractivity contribution in [2.75, 3.05) is 36.1 Å². The Morgan fingerprint density at radius 3 is 2.15 bits per heavy atom. The number of benzene rings is 4. The van der Waals surface area contributed by atoms with E-state index in [2.05, 4.69) is 91.8 Å². The maximum Gasteiger partial charge on any atom is 1.00 e. The summed E-state index contributed by atoms with van der Waals surface area (Å²) in [6.45, 7) is 10.3. The summed E-state index contributed by atoms with van der Waals surface area (Å²) in [5, 5.41) is 13.3. The van der Waals surface area contributed by atoms with Gasteiger partial charge in [-0.3, -0.25) is 4.79 Å². The topological polar surface area (TPSA) is 167 Å². The fourth-order valence-corrected chi connectivity index (χ4v) is 9.99. The number of hydrogen-bond acceptors (Lipinski definition) is 9. The fourth-order valence-electron chi connectivity index (χ4n) is 8.87. The van der Waals surface area contributed by atoms with E-state index in [1.54, 1.807) is 0 Å². The first-order valence-electron chi connectivity index (χ1n) is 20.7. The number of carbonyl (C=O) groups is 1. The number of carboxylic acids is 1. The van der Waals surface area contributed by atoms with Crippen molar-refractivity contribution in [3.8, 4) is 5.75 Å². The summed E-state index contributed by atoms with van der Waals surface area (Å²) in [7, 11) is -8.63. The van der Waals surface area contributed by atoms with Gasteiger partial charge in [0.2, 0.25) is 5.69 Å². The fraction of sp³-hybridized carbons (Fsp3) is 0.404. The van der Waals surface area contributed by atoms with Crippen LogP contribution in [0.4, 0.5) is 11.4 Å². The van der Waals surface area contributed by atoms with E-state index >= 15 is 0 Å². The van der Waals surface area contributed by atoms with Crippen molar-refractivity contribution in [1.82, 2.24) is 0 Å². The first kappa shape index (κ1) is 48.2. The summed E-state index contributed by atoms with van der Waals surface area (Å²) in [4.78, 5) is 13.1. The van der Waals surface area contributed by atoms with E-state index in [1.165, 1.54) is 5.56 Å². The molecule has 0 amide bonds. The molecule has 2 aliphatic rings. The van der Waals surface area contributed by atoms with E-state index in [0.717, 1.165) is 68.5 Å². The molecule has 2 aliphatic heterocycles. The van der Waals surface area contributed by atoms with Crippen LogP contribution in [0.3, 0.4) is 0 Å². The van der Waals surface area contributed by atoms with Crippen LogP contribution in [0.2, 0.25) is 0 Å². The number of fused-ring (bicyclic) bond motifs is 6. The molecule has 6 rings (SSSR count). The number of carboxylic acid groups (broad SMARTS) is 1. The Hall–Kier alpha value is -3.82. The molecule has 0 bridgehead atoms. The normalized spacial score (nSPS) is 16.6. The molecule has 0 saturated carbocycles. The van der Waals surface area contributed by atoms with Crippen LogP contribution in [0.15, 0.2) is 103 Å². The van der Waals surface area contributed by atoms with Crippen molar-refractivity contribution in [3.05, 3.63) is 114 Å². The average molecular weight is 879 g/mol. The molecule has 0 aliphatic carbocycles. The van der Waals surface area contributed by atoms with Gasteiger partial charge in [-0.2, -0.15) is 4.58 Å². The van der Waals surface area contributed by atoms with Crippen LogP contribution in [-0.4, -0.2) is 78.5 Å². The van der Waals surface area contributed by atoms with Gasteiger partial charge in [-0.05, 0) is 110 Å². The molecule has 0 radical (unpaired) electrons. The minimum atomic E-state index is -4.33. The average Bonchev–Trinajstić information content (AvgIpc) is 3.53. The standard InChI is InChI=1S/C47H56N2O9S2.Na/c1-46(2)41(48(28-12-15-31-59(52,53)54)39-26-23-34-17-10-11-18-37(34)44(39)46)19-7-5-8-20-42-47(3,4)45-38-33-36(58-30-14-6-9-21-43(50)51)25-22-35(38)24-27-40(45)49(42)29-13-16-32-60(55,56)57;/h5,7-8,10-11,17-20,22-27,33H,6,9,12-16,21,28-32H2,1-4H3,(H2-,50,51,52,53,54,55,56,57);/q;+1/p-1. The molecule has 0 unspecified atom stereocenters. The van der Waals surface area contributed by atoms with Gasteiger partial charge in [-0.25, -0.2) is 16.8 Å². The summed E-state index contributed by atoms with van der Waals surface area (Å²) in [6, 6.07) is 22.7. The van der Waals surface area contributed by atoms with E-state index in [0.29, 0.717) is 39.0 Å². The van der Waals surface area contributed by atoms with Gasteiger partial charge < -0.3 is 23.8 Å². The zero-order valence-corrected chi connectivity index (χ0v) is 39.5. The van der Waals surface area contributed by atoms with Gasteiger partial charge in [-0.15, -0.1) is 0 Å². The molecule has 14 heteroatoms. The molecule has 1 N–H and O–H groups in total. The molecular weight excluding hydrogens is 824 g/mol. The zero-order valence-electron chi connectivity index (χ0n) is 35.9. The third-order valence-electron chi connectivity index (χ3n) is 11.7. The second kappa shape index (κ2) is 20.1. The Kier molecular flexibility index (Phi) is 15.9. The Bertz CT molecular complexity index is 2610. The third-order valence-corrected chi connectivity index (χ3v) is 13.2. The second-order valence-corrected chi connectivity index (χ2v) is 19.8. The second-order valence-electron chi connectivity index (χ2n) is 16.7. The van der Waals surface area contributed by atoms with E-state index in [1.807, 2.05) is 42.5 Å². The Morgan fingerprint density at radius 2 is 1.43 bits per heavy atom. The van der Waals surface area contributed by atoms with E-state index in [9.17, 15) is 30.7 Å². The SMILES string of the molecule is CC1(C)C(/C=C/C=C/C=C2/N(CCCCS(=O)(=O)[O-])c3ccc4ccccc4c3C2(C)C)=[N+](CCCCS(=O)(=O)[O-])c2ccc3ccc(OCCCCCC(=O)O)cc3c21.[Na+]. The number of nitrogens with zero attached hydrogens (tertiary/aromatic N) is 2. The maximum atomic E-state index is 11.4. The van der Waals surface area contributed by atoms with E-state index < -0.39 is 43.1 Å². The molecule has 0 saturated heterocycles. The van der Waals surface area contributed by atoms with Crippen LogP contribution >= 0.6 is 0 Å². The summed E-state index contributed by atoms with van der Waals surface area (Å²) in [5.74, 6) is -0.880. The van der Waals surface area contributed by atoms with E-state index in [-0.39, 0.29) is 54.2 Å². The molecule has 61 heavy (non-hydrogen) atoms. The first-order chi connectivity index (χ1) is 28.4. The van der Waals surface area contributed by atoms with Crippen LogP contribution in [0, 0.1) is 0 Å². The number of hydrogen-bond donors (Lipinski definition) is 1. The molecule has 320 valence electrons. The van der Waals surface area contributed by atoms with Crippen LogP contribution in [0.5, 0.6) is 5.75 Å². The quantitative estimate of drug-likeness (QED) is 0.0375. The predicted octanol–water partition coefficient (Wildman–Crippen LogP) is 5.84. The van der Waals surface area contributed by atoms with Gasteiger partial charge in [0, 0.05) is 65.4 Å². The molecule has 4 aromatic rings. The van der Waals surface area contributed by atoms with Gasteiger partial charge in [0.1, 0.15) is 12.3 Å². The first-order valence-corrected chi connectivity index (χ1v) is 23.8. The molecule has 11 nitrogen and oxygen atoms in total. The molecule has 0 fully saturated rings. The summed E-state index contributed by atoms with van der Waals surface area (Å²) in [6.07, 6.45) is 14.0. The van der Waals surface area contributed by atoms with Crippen molar-refractivity contribution in [1.29, 1.82) is 0 Å². The molecule has 2 heterocycles. The van der Waals surface area contributed by atoms with Gasteiger partial charge >= 0.3 is 35.5 Å². The molecule has 0 spiro atoms. The van der Waals surface area contributed by atoms with Crippen LogP contribution in [0.1, 0.15) is 90.2 Å². The number of anilines is 1. The van der Waals surface area contributed by atoms with Crippen molar-refractivity contribution in [2.24, 2.45) is 0 Å². The maximum absolute atomic E-state index is 11.4. The van der Waals surface area contributed by atoms with Gasteiger partial charge in [0.25, 0.3) is 0 Å². The summed E-state index contributed by atoms with van der Waals surface area (Å²) >= 11 is 0. The third kappa shape index (κ3) is 11.6. The van der Waals surface area contributed by atoms with Crippen LogP contribution < -0.4 is 39.2 Å². The minimum Gasteiger partial charge on any atom is -0.748 e. The number of unbranched alkanes of at least 4 members (excludes halogenated alkanes) is 4. The largest absolute Gasteiger partial charge is 1.00 e. The summed E-state index contributed by atoms with van der Waals surface area (Å²) in [5.41, 5.74) is 5.62. The smallest absolute Gasteiger partial charge is 0.748 e. The van der Waals surface area contributed by atoms with Crippen LogP contribution in [0.25, 0.3) is 21.5 Å². The number of allylic oxidation sites excluding steroid dienone is 6. The number of ether oxygens (including phenoxy) is 1. The zero-order chi connectivity index (χ0) is 43.3. The Balaban J connectivity index is 0.00000704. The summed E-state index contributed by atoms with van der Waals surface area (Å²) < 4.78 is 76.7. The van der Waals surface area contributed by atoms with Crippen molar-refractivity contribution < 1.29 is 74.7 Å². The van der Waals surface area contributed by atoms with Crippen LogP contribution in [-0.2, 0) is 35.9 Å². The van der Waals surface area contributed by atoms with Crippen molar-refractivity contribution in [2.45, 2.75) is 89.9 Å². The molecule has 0 aromatic heterocycles. The molecule has 4 aromatic carbocycles.